The molecule has 0 N–H and O–H groups in total. The highest BCUT2D eigenvalue weighted by atomic mass is 32.2. The van der Waals surface area contributed by atoms with Gasteiger partial charge in [-0.2, -0.15) is 4.31 Å². The molecule has 0 radical (unpaired) electrons. The molecule has 7 heteroatoms. The number of sulfonamides is 1. The van der Waals surface area contributed by atoms with Gasteiger partial charge >= 0.3 is 0 Å². The highest BCUT2D eigenvalue weighted by Crippen LogP contribution is 2.28. The number of carbonyl (C=O) groups excluding carboxylic acids is 1. The molecule has 2 heterocycles. The third-order valence-electron chi connectivity index (χ3n) is 3.24. The summed E-state index contributed by atoms with van der Waals surface area (Å²) in [5.74, 6) is -0.217. The highest BCUT2D eigenvalue weighted by Gasteiger charge is 2.36. The fourth-order valence-electron chi connectivity index (χ4n) is 2.18. The third kappa shape index (κ3) is 2.82. The van der Waals surface area contributed by atoms with Crippen molar-refractivity contribution >= 4 is 27.3 Å². The van der Waals surface area contributed by atoms with E-state index in [0.29, 0.717) is 17.2 Å². The third-order valence-corrected chi connectivity index (χ3v) is 6.64. The van der Waals surface area contributed by atoms with Gasteiger partial charge in [-0.05, 0) is 30.4 Å². The lowest BCUT2D eigenvalue weighted by Gasteiger charge is -2.17. The maximum atomic E-state index is 12.4. The van der Waals surface area contributed by atoms with E-state index in [4.69, 9.17) is 0 Å². The summed E-state index contributed by atoms with van der Waals surface area (Å²) in [6.45, 7) is 2.58. The largest absolute Gasteiger partial charge is 0.349 e. The van der Waals surface area contributed by atoms with Crippen LogP contribution in [-0.2, 0) is 14.8 Å². The molecule has 1 amide bonds. The minimum absolute atomic E-state index is 0.0000557. The zero-order valence-corrected chi connectivity index (χ0v) is 12.9. The first kappa shape index (κ1) is 14.5. The molecule has 0 aromatic carbocycles. The minimum atomic E-state index is -3.43. The van der Waals surface area contributed by atoms with Gasteiger partial charge in [0.05, 0.1) is 5.92 Å². The van der Waals surface area contributed by atoms with E-state index in [9.17, 15) is 13.2 Å². The average molecular weight is 302 g/mol. The fourth-order valence-corrected chi connectivity index (χ4v) is 5.06. The topological polar surface area (TPSA) is 57.7 Å². The Bertz CT molecular complexity index is 578. The smallest absolute Gasteiger partial charge is 0.252 e. The van der Waals surface area contributed by atoms with Gasteiger partial charge in [-0.1, -0.05) is 0 Å². The van der Waals surface area contributed by atoms with Gasteiger partial charge in [0, 0.05) is 27.2 Å². The van der Waals surface area contributed by atoms with E-state index in [1.807, 2.05) is 12.3 Å². The number of thiophene rings is 1. The molecule has 1 saturated heterocycles. The number of amides is 1. The molecule has 1 aliphatic rings. The van der Waals surface area contributed by atoms with E-state index in [1.54, 1.807) is 20.2 Å². The Labute approximate surface area is 117 Å². The SMILES string of the molecule is Cc1csc(S(=O)(=O)N2CCC(C(=O)N(C)C)C2)c1. The minimum Gasteiger partial charge on any atom is -0.349 e. The van der Waals surface area contributed by atoms with Crippen molar-refractivity contribution < 1.29 is 13.2 Å². The van der Waals surface area contributed by atoms with Gasteiger partial charge in [0.1, 0.15) is 4.21 Å². The molecule has 1 aliphatic heterocycles. The molecule has 1 aromatic heterocycles. The lowest BCUT2D eigenvalue weighted by molar-refractivity contribution is -0.132. The van der Waals surface area contributed by atoms with Crippen molar-refractivity contribution in [3.8, 4) is 0 Å². The summed E-state index contributed by atoms with van der Waals surface area (Å²) in [6, 6.07) is 1.68. The van der Waals surface area contributed by atoms with Crippen LogP contribution in [-0.4, -0.2) is 50.7 Å². The Morgan fingerprint density at radius 2 is 2.16 bits per heavy atom. The van der Waals surface area contributed by atoms with Crippen LogP contribution in [0, 0.1) is 12.8 Å². The number of carbonyl (C=O) groups is 1. The van der Waals surface area contributed by atoms with Crippen molar-refractivity contribution in [1.29, 1.82) is 0 Å². The first-order valence-corrected chi connectivity index (χ1v) is 8.41. The van der Waals surface area contributed by atoms with Crippen LogP contribution in [0.1, 0.15) is 12.0 Å². The molecular formula is C12H18N2O3S2. The van der Waals surface area contributed by atoms with E-state index in [0.717, 1.165) is 5.56 Å². The lowest BCUT2D eigenvalue weighted by atomic mass is 10.1. The van der Waals surface area contributed by atoms with Gasteiger partial charge in [-0.3, -0.25) is 4.79 Å². The van der Waals surface area contributed by atoms with E-state index in [-0.39, 0.29) is 18.4 Å². The average Bonchev–Trinajstić information content (AvgIpc) is 2.96. The first-order chi connectivity index (χ1) is 8.82. The van der Waals surface area contributed by atoms with E-state index in [1.165, 1.54) is 20.5 Å². The first-order valence-electron chi connectivity index (χ1n) is 6.09. The van der Waals surface area contributed by atoms with Crippen molar-refractivity contribution in [2.75, 3.05) is 27.2 Å². The number of aryl methyl sites for hydroxylation is 1. The van der Waals surface area contributed by atoms with Crippen LogP contribution >= 0.6 is 11.3 Å². The fraction of sp³-hybridized carbons (Fsp3) is 0.583. The molecular weight excluding hydrogens is 284 g/mol. The Morgan fingerprint density at radius 1 is 1.47 bits per heavy atom. The second-order valence-electron chi connectivity index (χ2n) is 5.02. The summed E-state index contributed by atoms with van der Waals surface area (Å²) in [5, 5.41) is 1.82. The molecule has 0 saturated carbocycles. The van der Waals surface area contributed by atoms with Gasteiger partial charge in [0.2, 0.25) is 5.91 Å². The van der Waals surface area contributed by atoms with E-state index < -0.39 is 10.0 Å². The monoisotopic (exact) mass is 302 g/mol. The molecule has 19 heavy (non-hydrogen) atoms. The van der Waals surface area contributed by atoms with Crippen molar-refractivity contribution in [1.82, 2.24) is 9.21 Å². The van der Waals surface area contributed by atoms with Crippen molar-refractivity contribution in [2.24, 2.45) is 5.92 Å². The maximum Gasteiger partial charge on any atom is 0.252 e. The second-order valence-corrected chi connectivity index (χ2v) is 8.10. The highest BCUT2D eigenvalue weighted by molar-refractivity contribution is 7.91. The summed E-state index contributed by atoms with van der Waals surface area (Å²) in [4.78, 5) is 13.4. The summed E-state index contributed by atoms with van der Waals surface area (Å²) in [7, 11) is -0.0358. The number of rotatable bonds is 3. The van der Waals surface area contributed by atoms with Gasteiger partial charge in [-0.25, -0.2) is 8.42 Å². The zero-order chi connectivity index (χ0) is 14.2. The maximum absolute atomic E-state index is 12.4. The standard InChI is InChI=1S/C12H18N2O3S2/c1-9-6-11(18-8-9)19(16,17)14-5-4-10(7-14)12(15)13(2)3/h6,8,10H,4-5,7H2,1-3H3. The second kappa shape index (κ2) is 5.22. The molecule has 1 atom stereocenters. The van der Waals surface area contributed by atoms with E-state index >= 15 is 0 Å². The predicted octanol–water partition coefficient (Wildman–Crippen LogP) is 1.16. The van der Waals surface area contributed by atoms with Crippen LogP contribution in [0.5, 0.6) is 0 Å². The number of hydrogen-bond acceptors (Lipinski definition) is 4. The van der Waals surface area contributed by atoms with Crippen molar-refractivity contribution in [3.63, 3.8) is 0 Å². The molecule has 5 nitrogen and oxygen atoms in total. The van der Waals surface area contributed by atoms with Gasteiger partial charge in [0.25, 0.3) is 10.0 Å². The Kier molecular flexibility index (Phi) is 3.98. The molecule has 1 aromatic rings. The summed E-state index contributed by atoms with van der Waals surface area (Å²) >= 11 is 1.23. The Balaban J connectivity index is 2.15. The normalized spacial score (nSPS) is 20.7. The zero-order valence-electron chi connectivity index (χ0n) is 11.3. The molecule has 2 rings (SSSR count). The Hall–Kier alpha value is -0.920. The molecule has 0 aliphatic carbocycles. The predicted molar refractivity (Wildman–Crippen MR) is 74.6 cm³/mol. The van der Waals surface area contributed by atoms with Crippen molar-refractivity contribution in [2.45, 2.75) is 17.6 Å². The number of nitrogens with zero attached hydrogens (tertiary/aromatic N) is 2. The molecule has 1 unspecified atom stereocenters. The van der Waals surface area contributed by atoms with E-state index in [2.05, 4.69) is 0 Å². The molecule has 1 fully saturated rings. The Morgan fingerprint density at radius 3 is 2.68 bits per heavy atom. The molecule has 106 valence electrons. The van der Waals surface area contributed by atoms with Crippen LogP contribution in [0.3, 0.4) is 0 Å². The van der Waals surface area contributed by atoms with Crippen LogP contribution < -0.4 is 0 Å². The summed E-state index contributed by atoms with van der Waals surface area (Å²) in [5.41, 5.74) is 0.948. The lowest BCUT2D eigenvalue weighted by Crippen LogP contribution is -2.33. The van der Waals surface area contributed by atoms with Crippen molar-refractivity contribution in [3.05, 3.63) is 17.0 Å². The summed E-state index contributed by atoms with van der Waals surface area (Å²) in [6.07, 6.45) is 0.598. The van der Waals surface area contributed by atoms with Crippen LogP contribution in [0.15, 0.2) is 15.7 Å². The van der Waals surface area contributed by atoms with Gasteiger partial charge < -0.3 is 4.90 Å². The summed E-state index contributed by atoms with van der Waals surface area (Å²) < 4.78 is 26.6. The van der Waals surface area contributed by atoms with Crippen LogP contribution in [0.2, 0.25) is 0 Å². The number of hydrogen-bond donors (Lipinski definition) is 0. The molecule has 0 spiro atoms. The van der Waals surface area contributed by atoms with Crippen LogP contribution in [0.4, 0.5) is 0 Å². The van der Waals surface area contributed by atoms with Gasteiger partial charge in [-0.15, -0.1) is 11.3 Å². The van der Waals surface area contributed by atoms with Crippen LogP contribution in [0.25, 0.3) is 0 Å². The molecule has 0 bridgehead atoms. The quantitative estimate of drug-likeness (QED) is 0.842. The van der Waals surface area contributed by atoms with Gasteiger partial charge in [0.15, 0.2) is 0 Å².